The predicted molar refractivity (Wildman–Crippen MR) is 53.8 cm³/mol. The Hall–Kier alpha value is -0.120. The molecule has 0 aliphatic heterocycles. The lowest BCUT2D eigenvalue weighted by Crippen LogP contribution is -2.25. The molecule has 1 heterocycles. The lowest BCUT2D eigenvalue weighted by Gasteiger charge is -2.09. The van der Waals surface area contributed by atoms with Crippen LogP contribution in [0.4, 0.5) is 0 Å². The van der Waals surface area contributed by atoms with Gasteiger partial charge in [-0.1, -0.05) is 0 Å². The molecule has 0 spiro atoms. The number of halogens is 1. The first-order valence-corrected chi connectivity index (χ1v) is 5.42. The molecule has 1 unspecified atom stereocenters. The van der Waals surface area contributed by atoms with E-state index in [0.717, 1.165) is 18.0 Å². The van der Waals surface area contributed by atoms with E-state index in [1.807, 2.05) is 11.6 Å². The molecule has 1 atom stereocenters. The topological polar surface area (TPSA) is 24.9 Å². The van der Waals surface area contributed by atoms with E-state index in [9.17, 15) is 0 Å². The van der Waals surface area contributed by atoms with Gasteiger partial charge in [0.2, 0.25) is 0 Å². The fraction of sp³-hybridized carbons (Fsp3) is 0.625. The predicted octanol–water partition coefficient (Wildman–Crippen LogP) is 2.25. The van der Waals surface area contributed by atoms with Crippen molar-refractivity contribution in [3.63, 3.8) is 0 Å². The van der Waals surface area contributed by atoms with Crippen molar-refractivity contribution in [2.45, 2.75) is 25.9 Å². The SMILES string of the molecule is CC(CCCl)NCc1nccs1. The van der Waals surface area contributed by atoms with E-state index < -0.39 is 0 Å². The summed E-state index contributed by atoms with van der Waals surface area (Å²) in [6.45, 7) is 2.99. The van der Waals surface area contributed by atoms with Gasteiger partial charge in [-0.05, 0) is 13.3 Å². The number of nitrogens with one attached hydrogen (secondary N) is 1. The smallest absolute Gasteiger partial charge is 0.106 e. The molecule has 0 aromatic carbocycles. The van der Waals surface area contributed by atoms with Gasteiger partial charge in [-0.15, -0.1) is 22.9 Å². The molecule has 0 radical (unpaired) electrons. The molecule has 12 heavy (non-hydrogen) atoms. The van der Waals surface area contributed by atoms with Crippen molar-refractivity contribution in [1.82, 2.24) is 10.3 Å². The zero-order valence-corrected chi connectivity index (χ0v) is 8.66. The van der Waals surface area contributed by atoms with Gasteiger partial charge in [-0.3, -0.25) is 0 Å². The lowest BCUT2D eigenvalue weighted by atomic mass is 10.2. The molecule has 0 saturated heterocycles. The summed E-state index contributed by atoms with van der Waals surface area (Å²) < 4.78 is 0. The van der Waals surface area contributed by atoms with Crippen molar-refractivity contribution in [3.05, 3.63) is 16.6 Å². The van der Waals surface area contributed by atoms with E-state index in [0.29, 0.717) is 11.9 Å². The first-order valence-electron chi connectivity index (χ1n) is 4.00. The third-order valence-electron chi connectivity index (χ3n) is 1.63. The van der Waals surface area contributed by atoms with Gasteiger partial charge in [0.15, 0.2) is 0 Å². The zero-order valence-electron chi connectivity index (χ0n) is 7.09. The monoisotopic (exact) mass is 204 g/mol. The van der Waals surface area contributed by atoms with Crippen molar-refractivity contribution >= 4 is 22.9 Å². The molecule has 1 N–H and O–H groups in total. The van der Waals surface area contributed by atoms with Crippen molar-refractivity contribution in [1.29, 1.82) is 0 Å². The number of aromatic nitrogens is 1. The minimum Gasteiger partial charge on any atom is -0.308 e. The molecule has 1 aromatic heterocycles. The highest BCUT2D eigenvalue weighted by Gasteiger charge is 2.00. The Morgan fingerprint density at radius 1 is 1.75 bits per heavy atom. The zero-order chi connectivity index (χ0) is 8.81. The first-order chi connectivity index (χ1) is 5.83. The Morgan fingerprint density at radius 2 is 2.58 bits per heavy atom. The Morgan fingerprint density at radius 3 is 3.17 bits per heavy atom. The summed E-state index contributed by atoms with van der Waals surface area (Å²) in [6, 6.07) is 0.478. The maximum Gasteiger partial charge on any atom is 0.106 e. The van der Waals surface area contributed by atoms with Gasteiger partial charge in [-0.25, -0.2) is 4.98 Å². The van der Waals surface area contributed by atoms with Crippen LogP contribution in [0.25, 0.3) is 0 Å². The molecular weight excluding hydrogens is 192 g/mol. The molecule has 1 rings (SSSR count). The van der Waals surface area contributed by atoms with Gasteiger partial charge in [0, 0.05) is 30.0 Å². The standard InChI is InChI=1S/C8H13ClN2S/c1-7(2-3-9)11-6-8-10-4-5-12-8/h4-5,7,11H,2-3,6H2,1H3. The van der Waals surface area contributed by atoms with Gasteiger partial charge >= 0.3 is 0 Å². The van der Waals surface area contributed by atoms with Gasteiger partial charge in [-0.2, -0.15) is 0 Å². The lowest BCUT2D eigenvalue weighted by molar-refractivity contribution is 0.535. The highest BCUT2D eigenvalue weighted by Crippen LogP contribution is 2.03. The second-order valence-electron chi connectivity index (χ2n) is 2.69. The Bertz CT molecular complexity index is 201. The van der Waals surface area contributed by atoms with Crippen LogP contribution in [-0.4, -0.2) is 16.9 Å². The van der Waals surface area contributed by atoms with Gasteiger partial charge < -0.3 is 5.32 Å². The highest BCUT2D eigenvalue weighted by molar-refractivity contribution is 7.09. The maximum absolute atomic E-state index is 5.60. The fourth-order valence-electron chi connectivity index (χ4n) is 0.868. The fourth-order valence-corrected chi connectivity index (χ4v) is 1.76. The van der Waals surface area contributed by atoms with E-state index in [1.165, 1.54) is 0 Å². The summed E-state index contributed by atoms with van der Waals surface area (Å²) in [5.74, 6) is 0.714. The van der Waals surface area contributed by atoms with Gasteiger partial charge in [0.25, 0.3) is 0 Å². The Labute approximate surface area is 82.0 Å². The third kappa shape index (κ3) is 3.52. The number of hydrogen-bond donors (Lipinski definition) is 1. The van der Waals surface area contributed by atoms with Crippen LogP contribution in [0.15, 0.2) is 11.6 Å². The van der Waals surface area contributed by atoms with E-state index in [2.05, 4.69) is 17.2 Å². The molecule has 0 saturated carbocycles. The normalized spacial score (nSPS) is 13.2. The first kappa shape index (κ1) is 9.96. The summed E-state index contributed by atoms with van der Waals surface area (Å²) in [6.07, 6.45) is 2.83. The molecule has 0 aliphatic rings. The van der Waals surface area contributed by atoms with Crippen LogP contribution in [0.5, 0.6) is 0 Å². The largest absolute Gasteiger partial charge is 0.308 e. The summed E-state index contributed by atoms with van der Waals surface area (Å²) in [7, 11) is 0. The molecule has 0 aliphatic carbocycles. The second kappa shape index (κ2) is 5.51. The van der Waals surface area contributed by atoms with Crippen LogP contribution in [0.3, 0.4) is 0 Å². The van der Waals surface area contributed by atoms with E-state index in [1.54, 1.807) is 11.3 Å². The van der Waals surface area contributed by atoms with E-state index in [-0.39, 0.29) is 0 Å². The van der Waals surface area contributed by atoms with E-state index >= 15 is 0 Å². The number of nitrogens with zero attached hydrogens (tertiary/aromatic N) is 1. The van der Waals surface area contributed by atoms with Gasteiger partial charge in [0.05, 0.1) is 0 Å². The van der Waals surface area contributed by atoms with E-state index in [4.69, 9.17) is 11.6 Å². The molecular formula is C8H13ClN2S. The number of hydrogen-bond acceptors (Lipinski definition) is 3. The Kier molecular flexibility index (Phi) is 4.58. The van der Waals surface area contributed by atoms with Crippen molar-refractivity contribution in [3.8, 4) is 0 Å². The minimum atomic E-state index is 0.478. The molecule has 68 valence electrons. The number of alkyl halides is 1. The highest BCUT2D eigenvalue weighted by atomic mass is 35.5. The third-order valence-corrected chi connectivity index (χ3v) is 2.63. The minimum absolute atomic E-state index is 0.478. The maximum atomic E-state index is 5.60. The number of rotatable bonds is 5. The van der Waals surface area contributed by atoms with Crippen LogP contribution in [0, 0.1) is 0 Å². The average molecular weight is 205 g/mol. The van der Waals surface area contributed by atoms with Crippen LogP contribution in [0.2, 0.25) is 0 Å². The van der Waals surface area contributed by atoms with Crippen molar-refractivity contribution in [2.24, 2.45) is 0 Å². The Balaban J connectivity index is 2.17. The second-order valence-corrected chi connectivity index (χ2v) is 4.04. The molecule has 0 bridgehead atoms. The molecule has 2 nitrogen and oxygen atoms in total. The van der Waals surface area contributed by atoms with Crippen molar-refractivity contribution < 1.29 is 0 Å². The van der Waals surface area contributed by atoms with Crippen molar-refractivity contribution in [2.75, 3.05) is 5.88 Å². The summed E-state index contributed by atoms with van der Waals surface area (Å²) in [5.41, 5.74) is 0. The summed E-state index contributed by atoms with van der Waals surface area (Å²) in [5, 5.41) is 6.47. The van der Waals surface area contributed by atoms with Crippen LogP contribution < -0.4 is 5.32 Å². The molecule has 4 heteroatoms. The van der Waals surface area contributed by atoms with Crippen LogP contribution in [-0.2, 0) is 6.54 Å². The average Bonchev–Trinajstić information content (AvgIpc) is 2.53. The van der Waals surface area contributed by atoms with Gasteiger partial charge in [0.1, 0.15) is 5.01 Å². The summed E-state index contributed by atoms with van der Waals surface area (Å²) in [4.78, 5) is 4.17. The molecule has 0 amide bonds. The number of thiazole rings is 1. The quantitative estimate of drug-likeness (QED) is 0.745. The van der Waals surface area contributed by atoms with Crippen LogP contribution >= 0.6 is 22.9 Å². The van der Waals surface area contributed by atoms with Crippen LogP contribution in [0.1, 0.15) is 18.4 Å². The molecule has 1 aromatic rings. The summed E-state index contributed by atoms with van der Waals surface area (Å²) >= 11 is 7.28. The molecule has 0 fully saturated rings.